The van der Waals surface area contributed by atoms with Crippen LogP contribution < -0.4 is 5.32 Å². The van der Waals surface area contributed by atoms with E-state index in [1.165, 1.54) is 5.56 Å². The summed E-state index contributed by atoms with van der Waals surface area (Å²) >= 11 is 1.60. The second-order valence-electron chi connectivity index (χ2n) is 8.10. The zero-order valence-electron chi connectivity index (χ0n) is 18.0. The molecule has 7 nitrogen and oxygen atoms in total. The van der Waals surface area contributed by atoms with Crippen LogP contribution in [-0.2, 0) is 24.3 Å². The number of imidazole rings is 1. The van der Waals surface area contributed by atoms with E-state index in [1.807, 2.05) is 16.1 Å². The number of aryl methyl sites for hydroxylation is 1. The van der Waals surface area contributed by atoms with Crippen LogP contribution >= 0.6 is 11.3 Å². The predicted molar refractivity (Wildman–Crippen MR) is 124 cm³/mol. The Hall–Kier alpha value is -2.55. The Morgan fingerprint density at radius 3 is 2.90 bits per heavy atom. The van der Waals surface area contributed by atoms with Gasteiger partial charge in [0, 0.05) is 69.2 Å². The SMILES string of the molecule is CN1CCN(Cc2cccc(-c3nc(CC(=O)NCCCn4ccnc4)cs3)c2)CC1. The highest BCUT2D eigenvalue weighted by atomic mass is 32.1. The zero-order valence-corrected chi connectivity index (χ0v) is 18.9. The molecule has 31 heavy (non-hydrogen) atoms. The molecule has 3 aromatic rings. The lowest BCUT2D eigenvalue weighted by Crippen LogP contribution is -2.43. The molecule has 0 unspecified atom stereocenters. The molecule has 1 aliphatic heterocycles. The van der Waals surface area contributed by atoms with E-state index in [2.05, 4.69) is 51.4 Å². The molecular formula is C23H30N6OS. The van der Waals surface area contributed by atoms with Gasteiger partial charge >= 0.3 is 0 Å². The van der Waals surface area contributed by atoms with Gasteiger partial charge in [-0.25, -0.2) is 9.97 Å². The number of nitrogens with zero attached hydrogens (tertiary/aromatic N) is 5. The number of rotatable bonds is 9. The van der Waals surface area contributed by atoms with Gasteiger partial charge < -0.3 is 14.8 Å². The van der Waals surface area contributed by atoms with Gasteiger partial charge in [0.2, 0.25) is 5.91 Å². The third kappa shape index (κ3) is 6.46. The minimum atomic E-state index is 0.0197. The third-order valence-electron chi connectivity index (χ3n) is 5.54. The highest BCUT2D eigenvalue weighted by Crippen LogP contribution is 2.25. The molecule has 0 aliphatic carbocycles. The maximum atomic E-state index is 12.2. The first-order chi connectivity index (χ1) is 15.2. The summed E-state index contributed by atoms with van der Waals surface area (Å²) in [5.41, 5.74) is 3.27. The van der Waals surface area contributed by atoms with Crippen molar-refractivity contribution in [2.75, 3.05) is 39.8 Å². The van der Waals surface area contributed by atoms with E-state index in [4.69, 9.17) is 4.98 Å². The van der Waals surface area contributed by atoms with Gasteiger partial charge in [0.25, 0.3) is 0 Å². The summed E-state index contributed by atoms with van der Waals surface area (Å²) in [6.07, 6.45) is 6.69. The van der Waals surface area contributed by atoms with Crippen molar-refractivity contribution in [1.29, 1.82) is 0 Å². The fourth-order valence-electron chi connectivity index (χ4n) is 3.72. The monoisotopic (exact) mass is 438 g/mol. The largest absolute Gasteiger partial charge is 0.356 e. The topological polar surface area (TPSA) is 66.3 Å². The zero-order chi connectivity index (χ0) is 21.5. The van der Waals surface area contributed by atoms with Crippen molar-refractivity contribution >= 4 is 17.2 Å². The Morgan fingerprint density at radius 1 is 1.23 bits per heavy atom. The molecule has 0 saturated carbocycles. The number of hydrogen-bond donors (Lipinski definition) is 1. The molecule has 4 rings (SSSR count). The molecule has 8 heteroatoms. The summed E-state index contributed by atoms with van der Waals surface area (Å²) in [6.45, 7) is 6.96. The molecule has 1 aliphatic rings. The number of thiazole rings is 1. The summed E-state index contributed by atoms with van der Waals surface area (Å²) in [5.74, 6) is 0.0197. The van der Waals surface area contributed by atoms with E-state index in [1.54, 1.807) is 23.9 Å². The molecule has 0 radical (unpaired) electrons. The summed E-state index contributed by atoms with van der Waals surface area (Å²) in [6, 6.07) is 8.63. The Morgan fingerprint density at radius 2 is 2.10 bits per heavy atom. The van der Waals surface area contributed by atoms with Crippen LogP contribution in [0.1, 0.15) is 17.7 Å². The fraction of sp³-hybridized carbons (Fsp3) is 0.435. The highest BCUT2D eigenvalue weighted by molar-refractivity contribution is 7.13. The first-order valence-electron chi connectivity index (χ1n) is 10.8. The number of aromatic nitrogens is 3. The molecule has 1 amide bonds. The van der Waals surface area contributed by atoms with Crippen molar-refractivity contribution in [2.45, 2.75) is 25.9 Å². The van der Waals surface area contributed by atoms with Gasteiger partial charge in [-0.1, -0.05) is 18.2 Å². The number of likely N-dealkylation sites (N-methyl/N-ethyl adjacent to an activating group) is 1. The summed E-state index contributed by atoms with van der Waals surface area (Å²) < 4.78 is 2.01. The molecule has 164 valence electrons. The Labute approximate surface area is 187 Å². The molecule has 3 heterocycles. The lowest BCUT2D eigenvalue weighted by Gasteiger charge is -2.32. The van der Waals surface area contributed by atoms with Crippen molar-refractivity contribution in [1.82, 2.24) is 29.7 Å². The number of hydrogen-bond acceptors (Lipinski definition) is 6. The van der Waals surface area contributed by atoms with Crippen LogP contribution in [0, 0.1) is 0 Å². The molecular weight excluding hydrogens is 408 g/mol. The number of benzene rings is 1. The number of nitrogens with one attached hydrogen (secondary N) is 1. The van der Waals surface area contributed by atoms with Crippen molar-refractivity contribution in [3.8, 4) is 10.6 Å². The van der Waals surface area contributed by atoms with Gasteiger partial charge in [-0.05, 0) is 25.1 Å². The average Bonchev–Trinajstić information content (AvgIpc) is 3.45. The van der Waals surface area contributed by atoms with E-state index in [-0.39, 0.29) is 5.91 Å². The molecule has 2 aromatic heterocycles. The van der Waals surface area contributed by atoms with Crippen molar-refractivity contribution in [2.24, 2.45) is 0 Å². The molecule has 1 aromatic carbocycles. The number of carbonyl (C=O) groups is 1. The van der Waals surface area contributed by atoms with Crippen LogP contribution in [0.4, 0.5) is 0 Å². The number of amides is 1. The van der Waals surface area contributed by atoms with Crippen LogP contribution in [0.15, 0.2) is 48.4 Å². The highest BCUT2D eigenvalue weighted by Gasteiger charge is 2.15. The number of piperazine rings is 1. The van der Waals surface area contributed by atoms with Crippen molar-refractivity contribution < 1.29 is 4.79 Å². The molecule has 1 saturated heterocycles. The Balaban J connectivity index is 1.26. The van der Waals surface area contributed by atoms with Crippen LogP contribution in [0.25, 0.3) is 10.6 Å². The first-order valence-corrected chi connectivity index (χ1v) is 11.7. The molecule has 1 fully saturated rings. The van der Waals surface area contributed by atoms with E-state index >= 15 is 0 Å². The van der Waals surface area contributed by atoms with E-state index < -0.39 is 0 Å². The lowest BCUT2D eigenvalue weighted by molar-refractivity contribution is -0.120. The third-order valence-corrected chi connectivity index (χ3v) is 6.48. The second kappa shape index (κ2) is 10.7. The second-order valence-corrected chi connectivity index (χ2v) is 8.96. The quantitative estimate of drug-likeness (QED) is 0.520. The predicted octanol–water partition coefficient (Wildman–Crippen LogP) is 2.50. The van der Waals surface area contributed by atoms with E-state index in [0.717, 1.165) is 62.0 Å². The van der Waals surface area contributed by atoms with Gasteiger partial charge in [-0.15, -0.1) is 11.3 Å². The maximum absolute atomic E-state index is 12.2. The normalized spacial score (nSPS) is 15.3. The average molecular weight is 439 g/mol. The van der Waals surface area contributed by atoms with Gasteiger partial charge in [-0.2, -0.15) is 0 Å². The van der Waals surface area contributed by atoms with Crippen molar-refractivity contribution in [3.63, 3.8) is 0 Å². The standard InChI is InChI=1S/C23H30N6OS/c1-27-10-12-28(13-11-27)16-19-4-2-5-20(14-19)23-26-21(17-31-23)15-22(30)25-6-3-8-29-9-7-24-18-29/h2,4-5,7,9,14,17-18H,3,6,8,10-13,15-16H2,1H3,(H,25,30). The van der Waals surface area contributed by atoms with Gasteiger partial charge in [0.15, 0.2) is 0 Å². The van der Waals surface area contributed by atoms with E-state index in [9.17, 15) is 4.79 Å². The molecule has 0 atom stereocenters. The van der Waals surface area contributed by atoms with Crippen LogP contribution in [-0.4, -0.2) is 70.0 Å². The lowest BCUT2D eigenvalue weighted by atomic mass is 10.1. The minimum Gasteiger partial charge on any atom is -0.356 e. The van der Waals surface area contributed by atoms with E-state index in [0.29, 0.717) is 13.0 Å². The maximum Gasteiger partial charge on any atom is 0.226 e. The summed E-state index contributed by atoms with van der Waals surface area (Å²) in [5, 5.41) is 5.95. The van der Waals surface area contributed by atoms with Crippen molar-refractivity contribution in [3.05, 3.63) is 59.6 Å². The molecule has 0 spiro atoms. The molecule has 0 bridgehead atoms. The number of carbonyl (C=O) groups excluding carboxylic acids is 1. The molecule has 1 N–H and O–H groups in total. The van der Waals surface area contributed by atoms with Crippen LogP contribution in [0.5, 0.6) is 0 Å². The minimum absolute atomic E-state index is 0.0197. The fourth-order valence-corrected chi connectivity index (χ4v) is 4.54. The van der Waals surface area contributed by atoms with Crippen LogP contribution in [0.2, 0.25) is 0 Å². The summed E-state index contributed by atoms with van der Waals surface area (Å²) in [4.78, 5) is 25.9. The summed E-state index contributed by atoms with van der Waals surface area (Å²) in [7, 11) is 2.18. The smallest absolute Gasteiger partial charge is 0.226 e. The first kappa shape index (κ1) is 21.7. The Bertz CT molecular complexity index is 962. The van der Waals surface area contributed by atoms with Crippen LogP contribution in [0.3, 0.4) is 0 Å². The van der Waals surface area contributed by atoms with Gasteiger partial charge in [-0.3, -0.25) is 9.69 Å². The Kier molecular flexibility index (Phi) is 7.45. The van der Waals surface area contributed by atoms with Gasteiger partial charge in [0.1, 0.15) is 5.01 Å². The van der Waals surface area contributed by atoms with Gasteiger partial charge in [0.05, 0.1) is 18.4 Å².